The van der Waals surface area contributed by atoms with Crippen molar-refractivity contribution in [1.29, 1.82) is 0 Å². The molecular formula is C22H45N5O14. The molecule has 0 bridgehead atoms. The lowest BCUT2D eigenvalue weighted by atomic mass is 9.83. The number of nitrogens with one attached hydrogen (secondary N) is 1. The first-order valence-corrected chi connectivity index (χ1v) is 13.1. The number of hydrogen-bond acceptors (Lipinski definition) is 17. The third-order valence-electron chi connectivity index (χ3n) is 7.51. The second-order valence-corrected chi connectivity index (χ2v) is 10.3. The highest BCUT2D eigenvalue weighted by Gasteiger charge is 2.52. The topological polar surface area (TPSA) is 363 Å². The van der Waals surface area contributed by atoms with Gasteiger partial charge in [-0.3, -0.25) is 4.79 Å². The monoisotopic (exact) mass is 603 g/mol. The van der Waals surface area contributed by atoms with E-state index < -0.39 is 110 Å². The molecule has 41 heavy (non-hydrogen) atoms. The van der Waals surface area contributed by atoms with Gasteiger partial charge in [0.05, 0.1) is 18.7 Å². The molecule has 242 valence electrons. The van der Waals surface area contributed by atoms with Crippen molar-refractivity contribution >= 4 is 5.91 Å². The fourth-order valence-electron chi connectivity index (χ4n) is 5.07. The van der Waals surface area contributed by atoms with Crippen LogP contribution < -0.4 is 28.3 Å². The van der Waals surface area contributed by atoms with Crippen molar-refractivity contribution in [3.8, 4) is 0 Å². The van der Waals surface area contributed by atoms with Crippen molar-refractivity contribution in [2.24, 2.45) is 22.9 Å². The molecule has 2 aliphatic heterocycles. The fraction of sp³-hybridized carbons (Fsp3) is 0.955. The number of carbonyl (C=O) groups is 1. The van der Waals surface area contributed by atoms with Crippen LogP contribution in [0.15, 0.2) is 0 Å². The minimum atomic E-state index is -1.76. The van der Waals surface area contributed by atoms with Crippen LogP contribution in [0.4, 0.5) is 0 Å². The summed E-state index contributed by atoms with van der Waals surface area (Å²) >= 11 is 0. The van der Waals surface area contributed by atoms with Gasteiger partial charge in [0.1, 0.15) is 67.1 Å². The van der Waals surface area contributed by atoms with Gasteiger partial charge in [0.25, 0.3) is 0 Å². The highest BCUT2D eigenvalue weighted by Crippen LogP contribution is 2.32. The first-order valence-electron chi connectivity index (χ1n) is 13.1. The van der Waals surface area contributed by atoms with Crippen LogP contribution in [0.25, 0.3) is 0 Å². The van der Waals surface area contributed by atoms with E-state index in [9.17, 15) is 45.6 Å². The molecule has 0 spiro atoms. The molecule has 19 heteroatoms. The summed E-state index contributed by atoms with van der Waals surface area (Å²) in [6.45, 7) is -0.898. The predicted octanol–water partition coefficient (Wildman–Crippen LogP) is -9.25. The summed E-state index contributed by atoms with van der Waals surface area (Å²) in [7, 11) is 0. The van der Waals surface area contributed by atoms with Crippen LogP contribution in [0.2, 0.25) is 0 Å². The van der Waals surface area contributed by atoms with Gasteiger partial charge in [0.2, 0.25) is 5.91 Å². The highest BCUT2D eigenvalue weighted by atomic mass is 16.7. The maximum atomic E-state index is 12.6. The van der Waals surface area contributed by atoms with Gasteiger partial charge in [0.15, 0.2) is 12.6 Å². The summed E-state index contributed by atoms with van der Waals surface area (Å²) in [5.41, 5.74) is 23.1. The van der Waals surface area contributed by atoms with Gasteiger partial charge >= 0.3 is 0 Å². The predicted molar refractivity (Wildman–Crippen MR) is 135 cm³/mol. The summed E-state index contributed by atoms with van der Waals surface area (Å²) < 4.78 is 22.5. The Hall–Kier alpha value is -1.21. The zero-order chi connectivity index (χ0) is 29.9. The van der Waals surface area contributed by atoms with Crippen LogP contribution in [0.5, 0.6) is 0 Å². The number of aliphatic hydroxyl groups is 8. The van der Waals surface area contributed by atoms with Gasteiger partial charge in [-0.15, -0.1) is 0 Å². The molecule has 0 aromatic carbocycles. The molecule has 3 fully saturated rings. The van der Waals surface area contributed by atoms with E-state index in [2.05, 4.69) is 5.32 Å². The van der Waals surface area contributed by atoms with E-state index in [4.69, 9.17) is 41.9 Å². The van der Waals surface area contributed by atoms with Crippen molar-refractivity contribution in [3.05, 3.63) is 0 Å². The molecule has 1 amide bonds. The summed E-state index contributed by atoms with van der Waals surface area (Å²) in [4.78, 5) is 12.6. The number of rotatable bonds is 10. The molecule has 19 N–H and O–H groups in total. The van der Waals surface area contributed by atoms with Crippen molar-refractivity contribution in [2.75, 3.05) is 19.7 Å². The Morgan fingerprint density at radius 2 is 1.44 bits per heavy atom. The lowest BCUT2D eigenvalue weighted by molar-refractivity contribution is -0.332. The molecule has 19 nitrogen and oxygen atoms in total. The second-order valence-electron chi connectivity index (χ2n) is 10.3. The molecule has 2 saturated heterocycles. The molecule has 2 heterocycles. The average molecular weight is 604 g/mol. The summed E-state index contributed by atoms with van der Waals surface area (Å²) in [5, 5.41) is 84.9. The standard InChI is InChI=1S/C22H43N5O13.H2O/c23-2-1-8(29)20(36)27-7-3-6(25)18(39-22-16(34)15(33)13(31)9(4-24)37-22)17(35)19(7)40-21-14(32)11(26)12(30)10(5-28)38-21;/h6-19,21-22,28-35H,1-5,23-26H2,(H,27,36);1H2/t6-,7+,8+,9+,10+,11-,12-,13-,14+,15-,16+,17-,18-,19-,21-,22-;/m1./s1. The number of aliphatic hydroxyl groups excluding tert-OH is 8. The third kappa shape index (κ3) is 7.85. The second kappa shape index (κ2) is 15.5. The molecule has 0 unspecified atom stereocenters. The van der Waals surface area contributed by atoms with E-state index >= 15 is 0 Å². The van der Waals surface area contributed by atoms with E-state index in [1.807, 2.05) is 0 Å². The Morgan fingerprint density at radius 1 is 0.854 bits per heavy atom. The minimum absolute atomic E-state index is 0. The Labute approximate surface area is 235 Å². The van der Waals surface area contributed by atoms with Gasteiger partial charge in [-0.2, -0.15) is 0 Å². The number of carbonyl (C=O) groups excluding carboxylic acids is 1. The number of hydrogen-bond donors (Lipinski definition) is 13. The van der Waals surface area contributed by atoms with Gasteiger partial charge in [-0.05, 0) is 19.4 Å². The summed E-state index contributed by atoms with van der Waals surface area (Å²) in [5.74, 6) is -0.845. The molecule has 1 saturated carbocycles. The smallest absolute Gasteiger partial charge is 0.249 e. The van der Waals surface area contributed by atoms with Crippen molar-refractivity contribution < 1.29 is 70.1 Å². The average Bonchev–Trinajstić information content (AvgIpc) is 2.92. The van der Waals surface area contributed by atoms with Crippen LogP contribution in [-0.2, 0) is 23.7 Å². The van der Waals surface area contributed by atoms with Gasteiger partial charge < -0.3 is 93.5 Å². The van der Waals surface area contributed by atoms with Gasteiger partial charge in [-0.1, -0.05) is 0 Å². The third-order valence-corrected chi connectivity index (χ3v) is 7.51. The van der Waals surface area contributed by atoms with Crippen molar-refractivity contribution in [1.82, 2.24) is 5.32 Å². The number of amides is 1. The molecule has 0 aromatic rings. The molecule has 0 radical (unpaired) electrons. The summed E-state index contributed by atoms with van der Waals surface area (Å²) in [6.07, 6.45) is -19.8. The Bertz CT molecular complexity index is 817. The Kier molecular flexibility index (Phi) is 13.6. The zero-order valence-corrected chi connectivity index (χ0v) is 22.2. The Balaban J connectivity index is 0.00000588. The van der Waals surface area contributed by atoms with Crippen molar-refractivity contribution in [2.45, 2.75) is 111 Å². The molecule has 0 aromatic heterocycles. The van der Waals surface area contributed by atoms with Gasteiger partial charge in [-0.25, -0.2) is 0 Å². The normalized spacial score (nSPS) is 45.9. The maximum Gasteiger partial charge on any atom is 0.249 e. The molecule has 3 aliphatic rings. The quantitative estimate of drug-likeness (QED) is 0.110. The van der Waals surface area contributed by atoms with E-state index in [-0.39, 0.29) is 31.4 Å². The molecule has 3 rings (SSSR count). The van der Waals surface area contributed by atoms with E-state index in [1.54, 1.807) is 0 Å². The van der Waals surface area contributed by atoms with E-state index in [0.29, 0.717) is 0 Å². The SMILES string of the molecule is NCC[C@H](O)C(=O)N[C@H]1C[C@@H](N)[C@@H](O[C@H]2O[C@@H](CN)[C@@H](O)[C@@H](O)[C@@H]2O)[C@@H](O)[C@@H]1O[C@H]1O[C@@H](CO)[C@@H](O)[C@@H](N)[C@@H]1O.O. The lowest BCUT2D eigenvalue weighted by Gasteiger charge is -2.49. The molecule has 1 aliphatic carbocycles. The fourth-order valence-corrected chi connectivity index (χ4v) is 5.07. The first kappa shape index (κ1) is 36.0. The van der Waals surface area contributed by atoms with E-state index in [1.165, 1.54) is 0 Å². The largest absolute Gasteiger partial charge is 0.412 e. The van der Waals surface area contributed by atoms with Crippen LogP contribution >= 0.6 is 0 Å². The highest BCUT2D eigenvalue weighted by molar-refractivity contribution is 5.80. The first-order chi connectivity index (χ1) is 18.9. The van der Waals surface area contributed by atoms with Crippen LogP contribution in [-0.4, -0.2) is 170 Å². The van der Waals surface area contributed by atoms with Crippen molar-refractivity contribution in [3.63, 3.8) is 0 Å². The van der Waals surface area contributed by atoms with Gasteiger partial charge in [0, 0.05) is 12.6 Å². The van der Waals surface area contributed by atoms with Crippen LogP contribution in [0.1, 0.15) is 12.8 Å². The maximum absolute atomic E-state index is 12.6. The molecular weight excluding hydrogens is 558 g/mol. The van der Waals surface area contributed by atoms with Crippen LogP contribution in [0.3, 0.4) is 0 Å². The molecule has 16 atom stereocenters. The number of ether oxygens (including phenoxy) is 4. The van der Waals surface area contributed by atoms with Crippen LogP contribution in [0, 0.1) is 0 Å². The zero-order valence-electron chi connectivity index (χ0n) is 22.2. The number of nitrogens with two attached hydrogens (primary N) is 4. The lowest BCUT2D eigenvalue weighted by Crippen LogP contribution is -2.69. The Morgan fingerprint density at radius 3 is 2.02 bits per heavy atom. The minimum Gasteiger partial charge on any atom is -0.412 e. The van der Waals surface area contributed by atoms with E-state index in [0.717, 1.165) is 0 Å². The summed E-state index contributed by atoms with van der Waals surface area (Å²) in [6, 6.07) is -3.45.